The molecular weight excluding hydrogens is 322 g/mol. The van der Waals surface area contributed by atoms with E-state index in [2.05, 4.69) is 20.4 Å². The summed E-state index contributed by atoms with van der Waals surface area (Å²) in [5.74, 6) is -1.23. The number of ether oxygens (including phenoxy) is 1. The van der Waals surface area contributed by atoms with Crippen LogP contribution in [-0.2, 0) is 4.74 Å². The summed E-state index contributed by atoms with van der Waals surface area (Å²) in [5.41, 5.74) is 1.29. The average molecular weight is 341 g/mol. The third kappa shape index (κ3) is 4.87. The number of carbonyl (C=O) groups excluding carboxylic acids is 3. The number of amides is 2. The minimum absolute atomic E-state index is 0.0222. The van der Waals surface area contributed by atoms with Crippen molar-refractivity contribution in [2.75, 3.05) is 12.4 Å². The number of aromatic nitrogens is 1. The summed E-state index contributed by atoms with van der Waals surface area (Å²) in [4.78, 5) is 39.8. The van der Waals surface area contributed by atoms with Gasteiger partial charge >= 0.3 is 5.97 Å². The summed E-state index contributed by atoms with van der Waals surface area (Å²) in [7, 11) is 1.28. The number of nitrogens with one attached hydrogen (secondary N) is 2. The summed E-state index contributed by atoms with van der Waals surface area (Å²) >= 11 is 0. The van der Waals surface area contributed by atoms with Crippen LogP contribution in [-0.4, -0.2) is 35.9 Å². The van der Waals surface area contributed by atoms with E-state index in [4.69, 9.17) is 0 Å². The molecule has 0 saturated carbocycles. The van der Waals surface area contributed by atoms with Crippen LogP contribution in [0.4, 0.5) is 5.69 Å². The number of rotatable bonds is 5. The first-order chi connectivity index (χ1) is 11.9. The van der Waals surface area contributed by atoms with Crippen molar-refractivity contribution in [3.05, 3.63) is 59.4 Å². The van der Waals surface area contributed by atoms with E-state index in [9.17, 15) is 14.4 Å². The second-order valence-corrected chi connectivity index (χ2v) is 5.62. The van der Waals surface area contributed by atoms with Crippen LogP contribution in [0.15, 0.2) is 42.7 Å². The van der Waals surface area contributed by atoms with E-state index in [-0.39, 0.29) is 17.5 Å². The van der Waals surface area contributed by atoms with E-state index in [1.54, 1.807) is 18.2 Å². The number of hydrogen-bond acceptors (Lipinski definition) is 5. The summed E-state index contributed by atoms with van der Waals surface area (Å²) in [5, 5.41) is 5.41. The van der Waals surface area contributed by atoms with Gasteiger partial charge in [-0.15, -0.1) is 0 Å². The van der Waals surface area contributed by atoms with Crippen molar-refractivity contribution in [2.24, 2.45) is 0 Å². The van der Waals surface area contributed by atoms with Gasteiger partial charge in [0.1, 0.15) is 0 Å². The maximum Gasteiger partial charge on any atom is 0.337 e. The molecule has 2 aromatic rings. The van der Waals surface area contributed by atoms with Crippen molar-refractivity contribution >= 4 is 23.5 Å². The summed E-state index contributed by atoms with van der Waals surface area (Å²) in [6.07, 6.45) is 2.76. The third-order valence-electron chi connectivity index (χ3n) is 3.22. The summed E-state index contributed by atoms with van der Waals surface area (Å²) in [6, 6.07) is 7.81. The molecule has 130 valence electrons. The monoisotopic (exact) mass is 341 g/mol. The number of nitrogens with zero attached hydrogens (tertiary/aromatic N) is 1. The Balaban J connectivity index is 2.16. The molecule has 2 N–H and O–H groups in total. The molecule has 25 heavy (non-hydrogen) atoms. The first-order valence-electron chi connectivity index (χ1n) is 7.66. The molecule has 0 unspecified atom stereocenters. The fourth-order valence-corrected chi connectivity index (χ4v) is 2.08. The van der Waals surface area contributed by atoms with E-state index < -0.39 is 11.9 Å². The van der Waals surface area contributed by atoms with Crippen molar-refractivity contribution in [3.8, 4) is 0 Å². The van der Waals surface area contributed by atoms with Crippen LogP contribution in [0.2, 0.25) is 0 Å². The Morgan fingerprint density at radius 3 is 2.32 bits per heavy atom. The summed E-state index contributed by atoms with van der Waals surface area (Å²) < 4.78 is 4.65. The Morgan fingerprint density at radius 2 is 1.68 bits per heavy atom. The SMILES string of the molecule is COC(=O)c1cccc(NC(=O)c2cncc(C(=O)NC(C)C)c2)c1. The van der Waals surface area contributed by atoms with Crippen LogP contribution in [0.1, 0.15) is 44.9 Å². The predicted octanol–water partition coefficient (Wildman–Crippen LogP) is 2.26. The van der Waals surface area contributed by atoms with Gasteiger partial charge in [0.15, 0.2) is 0 Å². The molecule has 7 heteroatoms. The predicted molar refractivity (Wildman–Crippen MR) is 92.6 cm³/mol. The lowest BCUT2D eigenvalue weighted by molar-refractivity contribution is 0.0600. The smallest absolute Gasteiger partial charge is 0.337 e. The van der Waals surface area contributed by atoms with Gasteiger partial charge in [-0.25, -0.2) is 4.79 Å². The third-order valence-corrected chi connectivity index (χ3v) is 3.22. The van der Waals surface area contributed by atoms with Crippen LogP contribution in [0.5, 0.6) is 0 Å². The zero-order chi connectivity index (χ0) is 18.4. The second kappa shape index (κ2) is 8.05. The molecule has 0 radical (unpaired) electrons. The van der Waals surface area contributed by atoms with Crippen LogP contribution in [0.25, 0.3) is 0 Å². The van der Waals surface area contributed by atoms with Gasteiger partial charge in [-0.1, -0.05) is 6.07 Å². The maximum atomic E-state index is 12.4. The molecular formula is C18H19N3O4. The molecule has 0 bridgehead atoms. The lowest BCUT2D eigenvalue weighted by atomic mass is 10.1. The van der Waals surface area contributed by atoms with Gasteiger partial charge in [0.2, 0.25) is 0 Å². The van der Waals surface area contributed by atoms with Crippen molar-refractivity contribution in [2.45, 2.75) is 19.9 Å². The Morgan fingerprint density at radius 1 is 1.00 bits per heavy atom. The highest BCUT2D eigenvalue weighted by atomic mass is 16.5. The van der Waals surface area contributed by atoms with E-state index >= 15 is 0 Å². The van der Waals surface area contributed by atoms with Gasteiger partial charge in [0.25, 0.3) is 11.8 Å². The zero-order valence-electron chi connectivity index (χ0n) is 14.2. The molecule has 0 aliphatic carbocycles. The molecule has 7 nitrogen and oxygen atoms in total. The number of benzene rings is 1. The fourth-order valence-electron chi connectivity index (χ4n) is 2.08. The molecule has 1 aromatic carbocycles. The Hall–Kier alpha value is -3.22. The topological polar surface area (TPSA) is 97.4 Å². The standard InChI is InChI=1S/C18H19N3O4/c1-11(2)20-16(22)13-7-14(10-19-9-13)17(23)21-15-6-4-5-12(8-15)18(24)25-3/h4-11H,1-3H3,(H,20,22)(H,21,23). The highest BCUT2D eigenvalue weighted by molar-refractivity contribution is 6.06. The first kappa shape index (κ1) is 18.1. The van der Waals surface area contributed by atoms with Crippen LogP contribution >= 0.6 is 0 Å². The molecule has 2 rings (SSSR count). The van der Waals surface area contributed by atoms with Gasteiger partial charge in [0, 0.05) is 24.1 Å². The van der Waals surface area contributed by atoms with Crippen molar-refractivity contribution in [1.29, 1.82) is 0 Å². The van der Waals surface area contributed by atoms with Gasteiger partial charge in [-0.05, 0) is 38.1 Å². The molecule has 0 aliphatic rings. The molecule has 2 amide bonds. The van der Waals surface area contributed by atoms with Crippen LogP contribution in [0, 0.1) is 0 Å². The lowest BCUT2D eigenvalue weighted by Gasteiger charge is -2.10. The first-order valence-corrected chi connectivity index (χ1v) is 7.66. The van der Waals surface area contributed by atoms with Crippen molar-refractivity contribution < 1.29 is 19.1 Å². The Kier molecular flexibility index (Phi) is 5.84. The normalized spacial score (nSPS) is 10.2. The van der Waals surface area contributed by atoms with Gasteiger partial charge in [-0.2, -0.15) is 0 Å². The van der Waals surface area contributed by atoms with Gasteiger partial charge in [0.05, 0.1) is 23.8 Å². The number of pyridine rings is 1. The molecule has 0 spiro atoms. The number of anilines is 1. The fraction of sp³-hybridized carbons (Fsp3) is 0.222. The molecule has 1 aromatic heterocycles. The second-order valence-electron chi connectivity index (χ2n) is 5.62. The number of methoxy groups -OCH3 is 1. The van der Waals surface area contributed by atoms with Crippen LogP contribution in [0.3, 0.4) is 0 Å². The van der Waals surface area contributed by atoms with E-state index in [0.29, 0.717) is 16.8 Å². The van der Waals surface area contributed by atoms with Gasteiger partial charge in [-0.3, -0.25) is 14.6 Å². The quantitative estimate of drug-likeness (QED) is 0.813. The van der Waals surface area contributed by atoms with Crippen molar-refractivity contribution in [1.82, 2.24) is 10.3 Å². The largest absolute Gasteiger partial charge is 0.465 e. The maximum absolute atomic E-state index is 12.4. The molecule has 0 atom stereocenters. The van der Waals surface area contributed by atoms with Crippen LogP contribution < -0.4 is 10.6 Å². The lowest BCUT2D eigenvalue weighted by Crippen LogP contribution is -2.30. The molecule has 0 aliphatic heterocycles. The Bertz CT molecular complexity index is 802. The highest BCUT2D eigenvalue weighted by Gasteiger charge is 2.13. The van der Waals surface area contributed by atoms with Crippen molar-refractivity contribution in [3.63, 3.8) is 0 Å². The Labute approximate surface area is 145 Å². The minimum atomic E-state index is -0.495. The molecule has 1 heterocycles. The minimum Gasteiger partial charge on any atom is -0.465 e. The highest BCUT2D eigenvalue weighted by Crippen LogP contribution is 2.13. The number of esters is 1. The number of hydrogen-bond donors (Lipinski definition) is 2. The zero-order valence-corrected chi connectivity index (χ0v) is 14.2. The summed E-state index contributed by atoms with van der Waals surface area (Å²) in [6.45, 7) is 3.69. The number of carbonyl (C=O) groups is 3. The van der Waals surface area contributed by atoms with E-state index in [0.717, 1.165) is 0 Å². The van der Waals surface area contributed by atoms with E-state index in [1.165, 1.54) is 31.6 Å². The molecule has 0 fully saturated rings. The molecule has 0 saturated heterocycles. The average Bonchev–Trinajstić information content (AvgIpc) is 2.60. The van der Waals surface area contributed by atoms with Gasteiger partial charge < -0.3 is 15.4 Å². The van der Waals surface area contributed by atoms with E-state index in [1.807, 2.05) is 13.8 Å².